The van der Waals surface area contributed by atoms with Crippen molar-refractivity contribution >= 4 is 11.9 Å². The number of hydrogen-bond donors (Lipinski definition) is 3. The van der Waals surface area contributed by atoms with Crippen LogP contribution in [0.2, 0.25) is 0 Å². The average Bonchev–Trinajstić information content (AvgIpc) is 3.47. The van der Waals surface area contributed by atoms with Crippen LogP contribution in [-0.2, 0) is 14.3 Å². The van der Waals surface area contributed by atoms with Crippen LogP contribution in [0.5, 0.6) is 0 Å². The Kier molecular flexibility index (Phi) is 68.9. The Bertz CT molecular complexity index is 1310. The number of ether oxygens (including phenoxy) is 1. The first-order valence-electron chi connectivity index (χ1n) is 36.8. The third-order valence-electron chi connectivity index (χ3n) is 17.2. The number of hydrogen-bond acceptors (Lipinski definition) is 5. The maximum atomic E-state index is 12.5. The van der Waals surface area contributed by atoms with Crippen molar-refractivity contribution in [1.82, 2.24) is 5.32 Å². The lowest BCUT2D eigenvalue weighted by atomic mass is 10.0. The van der Waals surface area contributed by atoms with Crippen LogP contribution < -0.4 is 5.32 Å². The van der Waals surface area contributed by atoms with Crippen molar-refractivity contribution in [1.29, 1.82) is 0 Å². The highest BCUT2D eigenvalue weighted by molar-refractivity contribution is 5.76. The van der Waals surface area contributed by atoms with Gasteiger partial charge in [-0.15, -0.1) is 0 Å². The molecule has 3 N–H and O–H groups in total. The second-order valence-electron chi connectivity index (χ2n) is 25.3. The highest BCUT2D eigenvalue weighted by atomic mass is 16.5. The van der Waals surface area contributed by atoms with Gasteiger partial charge >= 0.3 is 5.97 Å². The van der Waals surface area contributed by atoms with Gasteiger partial charge in [0.1, 0.15) is 0 Å². The molecule has 6 nitrogen and oxygen atoms in total. The maximum Gasteiger partial charge on any atom is 0.305 e. The normalized spacial score (nSPS) is 12.7. The molecule has 0 aliphatic carbocycles. The molecule has 6 heteroatoms. The summed E-state index contributed by atoms with van der Waals surface area (Å²) < 4.78 is 5.48. The SMILES string of the molecule is CCCCCCCCCCCCCCCC/C=C/C(O)C(CO)NC(=O)CCCCCCCCCCCCCCCCCCC/C=C\C/C=C\CCCCCCCCCCCCCCCOC(=O)CCCCCCCCCCCCC. The lowest BCUT2D eigenvalue weighted by Crippen LogP contribution is -2.45. The molecular weight excluding hydrogens is 995 g/mol. The number of allylic oxidation sites excluding steroid dienone is 5. The van der Waals surface area contributed by atoms with E-state index in [2.05, 4.69) is 43.5 Å². The van der Waals surface area contributed by atoms with Gasteiger partial charge in [-0.1, -0.05) is 365 Å². The van der Waals surface area contributed by atoms with E-state index < -0.39 is 12.1 Å². The Morgan fingerprint density at radius 2 is 0.617 bits per heavy atom. The van der Waals surface area contributed by atoms with Gasteiger partial charge in [-0.2, -0.15) is 0 Å². The van der Waals surface area contributed by atoms with E-state index in [1.165, 1.54) is 334 Å². The molecule has 478 valence electrons. The highest BCUT2D eigenvalue weighted by Gasteiger charge is 2.18. The standard InChI is InChI=1S/C75H143NO5/c1-3-5-7-9-11-13-15-16-17-41-44-48-51-55-59-63-67-73(78)72(71-77)76-74(79)68-64-60-56-52-49-45-42-39-37-35-33-31-29-27-25-23-21-19-18-20-22-24-26-28-30-32-34-36-38-40-43-46-50-54-58-62-66-70-81-75(80)69-65-61-57-53-47-14-12-10-8-6-4-2/h18,20,24,26,63,67,72-73,77-78H,3-17,19,21-23,25,27-62,64-66,68-71H2,1-2H3,(H,76,79)/b20-18-,26-24-,67-63+. The molecule has 81 heavy (non-hydrogen) atoms. The number of carbonyl (C=O) groups is 2. The zero-order chi connectivity index (χ0) is 58.5. The summed E-state index contributed by atoms with van der Waals surface area (Å²) >= 11 is 0. The minimum absolute atomic E-state index is 0.0186. The van der Waals surface area contributed by atoms with Crippen molar-refractivity contribution in [2.24, 2.45) is 0 Å². The van der Waals surface area contributed by atoms with Crippen LogP contribution >= 0.6 is 0 Å². The van der Waals surface area contributed by atoms with Gasteiger partial charge in [-0.05, 0) is 64.2 Å². The van der Waals surface area contributed by atoms with Crippen molar-refractivity contribution in [2.45, 2.75) is 418 Å². The van der Waals surface area contributed by atoms with Crippen molar-refractivity contribution < 1.29 is 24.5 Å². The van der Waals surface area contributed by atoms with Gasteiger partial charge in [0.2, 0.25) is 5.91 Å². The van der Waals surface area contributed by atoms with Crippen LogP contribution in [-0.4, -0.2) is 47.4 Å². The third-order valence-corrected chi connectivity index (χ3v) is 17.2. The second-order valence-corrected chi connectivity index (χ2v) is 25.3. The summed E-state index contributed by atoms with van der Waals surface area (Å²) in [6.07, 6.45) is 91.1. The number of esters is 1. The van der Waals surface area contributed by atoms with E-state index in [1.54, 1.807) is 6.08 Å². The Morgan fingerprint density at radius 3 is 0.938 bits per heavy atom. The van der Waals surface area contributed by atoms with E-state index in [1.807, 2.05) is 6.08 Å². The number of unbranched alkanes of at least 4 members (excludes halogenated alkanes) is 54. The van der Waals surface area contributed by atoms with E-state index in [9.17, 15) is 19.8 Å². The Morgan fingerprint density at radius 1 is 0.346 bits per heavy atom. The molecule has 0 saturated heterocycles. The molecule has 0 heterocycles. The fourth-order valence-electron chi connectivity index (χ4n) is 11.6. The minimum atomic E-state index is -0.843. The molecule has 0 aliphatic rings. The molecule has 2 atom stereocenters. The van der Waals surface area contributed by atoms with Crippen LogP contribution in [0.25, 0.3) is 0 Å². The quantitative estimate of drug-likeness (QED) is 0.0320. The predicted octanol–water partition coefficient (Wildman–Crippen LogP) is 23.9. The smallest absolute Gasteiger partial charge is 0.305 e. The van der Waals surface area contributed by atoms with Crippen LogP contribution in [0.15, 0.2) is 36.5 Å². The van der Waals surface area contributed by atoms with E-state index in [0.29, 0.717) is 19.4 Å². The zero-order valence-electron chi connectivity index (χ0n) is 54.8. The van der Waals surface area contributed by atoms with Crippen LogP contribution in [0.1, 0.15) is 406 Å². The predicted molar refractivity (Wildman–Crippen MR) is 356 cm³/mol. The lowest BCUT2D eigenvalue weighted by molar-refractivity contribution is -0.143. The van der Waals surface area contributed by atoms with Crippen molar-refractivity contribution in [3.05, 3.63) is 36.5 Å². The van der Waals surface area contributed by atoms with Crippen molar-refractivity contribution in [3.8, 4) is 0 Å². The number of amides is 1. The van der Waals surface area contributed by atoms with Gasteiger partial charge in [-0.3, -0.25) is 9.59 Å². The van der Waals surface area contributed by atoms with Crippen molar-refractivity contribution in [3.63, 3.8) is 0 Å². The zero-order valence-corrected chi connectivity index (χ0v) is 54.8. The van der Waals surface area contributed by atoms with E-state index >= 15 is 0 Å². The summed E-state index contributed by atoms with van der Waals surface area (Å²) in [5, 5.41) is 23.2. The van der Waals surface area contributed by atoms with Gasteiger partial charge in [0.25, 0.3) is 0 Å². The molecule has 1 amide bonds. The molecule has 0 aromatic carbocycles. The number of nitrogens with one attached hydrogen (secondary N) is 1. The fourth-order valence-corrected chi connectivity index (χ4v) is 11.6. The van der Waals surface area contributed by atoms with E-state index in [0.717, 1.165) is 44.9 Å². The maximum absolute atomic E-state index is 12.5. The van der Waals surface area contributed by atoms with E-state index in [4.69, 9.17) is 4.74 Å². The number of aliphatic hydroxyl groups excluding tert-OH is 2. The first-order valence-corrected chi connectivity index (χ1v) is 36.8. The Hall–Kier alpha value is -1.92. The topological polar surface area (TPSA) is 95.9 Å². The summed E-state index contributed by atoms with van der Waals surface area (Å²) in [6.45, 7) is 4.93. The summed E-state index contributed by atoms with van der Waals surface area (Å²) in [5.41, 5.74) is 0. The van der Waals surface area contributed by atoms with Gasteiger partial charge in [-0.25, -0.2) is 0 Å². The number of carbonyl (C=O) groups excluding carboxylic acids is 2. The van der Waals surface area contributed by atoms with Gasteiger partial charge in [0.15, 0.2) is 0 Å². The Balaban J connectivity index is 3.38. The second kappa shape index (κ2) is 70.6. The number of rotatable bonds is 69. The number of aliphatic hydroxyl groups is 2. The monoisotopic (exact) mass is 1140 g/mol. The summed E-state index contributed by atoms with van der Waals surface area (Å²) in [6, 6.07) is -0.626. The molecule has 0 saturated carbocycles. The highest BCUT2D eigenvalue weighted by Crippen LogP contribution is 2.19. The average molecular weight is 1140 g/mol. The summed E-state index contributed by atoms with van der Waals surface area (Å²) in [4.78, 5) is 24.5. The van der Waals surface area contributed by atoms with E-state index in [-0.39, 0.29) is 18.5 Å². The lowest BCUT2D eigenvalue weighted by Gasteiger charge is -2.20. The minimum Gasteiger partial charge on any atom is -0.466 e. The molecule has 0 rings (SSSR count). The summed E-state index contributed by atoms with van der Waals surface area (Å²) in [7, 11) is 0. The molecular formula is C75H143NO5. The molecule has 0 aromatic rings. The van der Waals surface area contributed by atoms with Gasteiger partial charge in [0.05, 0.1) is 25.4 Å². The van der Waals surface area contributed by atoms with Gasteiger partial charge in [0, 0.05) is 12.8 Å². The van der Waals surface area contributed by atoms with Crippen LogP contribution in [0, 0.1) is 0 Å². The Labute approximate surface area is 506 Å². The van der Waals surface area contributed by atoms with Crippen LogP contribution in [0.3, 0.4) is 0 Å². The molecule has 0 fully saturated rings. The first kappa shape index (κ1) is 79.1. The molecule has 0 aromatic heterocycles. The fraction of sp³-hybridized carbons (Fsp3) is 0.893. The third kappa shape index (κ3) is 67.1. The molecule has 0 aliphatic heterocycles. The van der Waals surface area contributed by atoms with Crippen LogP contribution in [0.4, 0.5) is 0 Å². The summed E-state index contributed by atoms with van der Waals surface area (Å²) in [5.74, 6) is -0.0439. The van der Waals surface area contributed by atoms with Gasteiger partial charge < -0.3 is 20.3 Å². The molecule has 0 radical (unpaired) electrons. The first-order chi connectivity index (χ1) is 40.0. The molecule has 0 spiro atoms. The molecule has 2 unspecified atom stereocenters. The molecule has 0 bridgehead atoms. The largest absolute Gasteiger partial charge is 0.466 e. The van der Waals surface area contributed by atoms with Crippen molar-refractivity contribution in [2.75, 3.05) is 13.2 Å².